The van der Waals surface area contributed by atoms with E-state index in [4.69, 9.17) is 11.6 Å². The molecule has 5 heteroatoms. The van der Waals surface area contributed by atoms with Crippen molar-refractivity contribution in [2.24, 2.45) is 0 Å². The van der Waals surface area contributed by atoms with Crippen molar-refractivity contribution in [3.05, 3.63) is 51.6 Å². The molecule has 1 aromatic carbocycles. The van der Waals surface area contributed by atoms with Gasteiger partial charge in [0.15, 0.2) is 0 Å². The first kappa shape index (κ1) is 16.0. The second-order valence-corrected chi connectivity index (χ2v) is 5.66. The van der Waals surface area contributed by atoms with E-state index in [1.165, 1.54) is 17.7 Å². The number of aromatic nitrogens is 2. The Morgan fingerprint density at radius 1 is 1.38 bits per heavy atom. The third kappa shape index (κ3) is 3.44. The highest BCUT2D eigenvalue weighted by Crippen LogP contribution is 2.24. The molecule has 1 unspecified atom stereocenters. The summed E-state index contributed by atoms with van der Waals surface area (Å²) in [5, 5.41) is 8.54. The Labute approximate surface area is 130 Å². The number of aryl methyl sites for hydroxylation is 1. The number of halogens is 2. The van der Waals surface area contributed by atoms with Crippen molar-refractivity contribution in [1.82, 2.24) is 15.1 Å². The summed E-state index contributed by atoms with van der Waals surface area (Å²) in [7, 11) is 0. The average Bonchev–Trinajstić information content (AvgIpc) is 2.69. The minimum Gasteiger partial charge on any atom is -0.310 e. The lowest BCUT2D eigenvalue weighted by atomic mass is 10.1. The summed E-state index contributed by atoms with van der Waals surface area (Å²) in [6.45, 7) is 9.62. The van der Waals surface area contributed by atoms with Crippen molar-refractivity contribution < 1.29 is 4.39 Å². The first-order valence-electron chi connectivity index (χ1n) is 7.15. The van der Waals surface area contributed by atoms with Gasteiger partial charge in [0.25, 0.3) is 0 Å². The van der Waals surface area contributed by atoms with Crippen LogP contribution in [0.1, 0.15) is 42.4 Å². The maximum Gasteiger partial charge on any atom is 0.123 e. The Morgan fingerprint density at radius 2 is 2.10 bits per heavy atom. The number of rotatable bonds is 5. The van der Waals surface area contributed by atoms with E-state index in [2.05, 4.69) is 24.3 Å². The third-order valence-corrected chi connectivity index (χ3v) is 4.08. The highest BCUT2D eigenvalue weighted by molar-refractivity contribution is 6.31. The van der Waals surface area contributed by atoms with Gasteiger partial charge in [-0.2, -0.15) is 5.10 Å². The highest BCUT2D eigenvalue weighted by Gasteiger charge is 2.17. The molecule has 0 radical (unpaired) electrons. The van der Waals surface area contributed by atoms with Crippen LogP contribution in [0.4, 0.5) is 4.39 Å². The Hall–Kier alpha value is -1.39. The Morgan fingerprint density at radius 3 is 2.76 bits per heavy atom. The summed E-state index contributed by atoms with van der Waals surface area (Å²) in [4.78, 5) is 0. The molecule has 1 N–H and O–H groups in total. The van der Waals surface area contributed by atoms with Crippen LogP contribution in [-0.4, -0.2) is 16.3 Å². The summed E-state index contributed by atoms with van der Waals surface area (Å²) in [5.74, 6) is -0.280. The molecule has 0 spiro atoms. The topological polar surface area (TPSA) is 29.9 Å². The number of nitrogens with one attached hydrogen (secondary N) is 1. The largest absolute Gasteiger partial charge is 0.310 e. The van der Waals surface area contributed by atoms with Crippen LogP contribution >= 0.6 is 11.6 Å². The van der Waals surface area contributed by atoms with Crippen LogP contribution in [0.3, 0.4) is 0 Å². The van der Waals surface area contributed by atoms with Gasteiger partial charge in [-0.15, -0.1) is 0 Å². The highest BCUT2D eigenvalue weighted by atomic mass is 35.5. The predicted octanol–water partition coefficient (Wildman–Crippen LogP) is 4.01. The molecule has 3 nitrogen and oxygen atoms in total. The molecular weight excluding hydrogens is 289 g/mol. The molecule has 0 aliphatic carbocycles. The second kappa shape index (κ2) is 6.58. The van der Waals surface area contributed by atoms with Crippen LogP contribution in [0.25, 0.3) is 0 Å². The van der Waals surface area contributed by atoms with Gasteiger partial charge in [-0.05, 0) is 51.1 Å². The maximum atomic E-state index is 13.4. The molecule has 114 valence electrons. The fourth-order valence-electron chi connectivity index (χ4n) is 2.73. The molecule has 1 atom stereocenters. The Balaban J connectivity index is 2.33. The van der Waals surface area contributed by atoms with Gasteiger partial charge in [0.05, 0.1) is 12.2 Å². The Kier molecular flexibility index (Phi) is 5.01. The van der Waals surface area contributed by atoms with Gasteiger partial charge in [-0.1, -0.05) is 18.5 Å². The zero-order chi connectivity index (χ0) is 15.6. The molecule has 21 heavy (non-hydrogen) atoms. The third-order valence-electron chi connectivity index (χ3n) is 3.71. The molecule has 0 aliphatic rings. The molecule has 0 amide bonds. The van der Waals surface area contributed by atoms with Gasteiger partial charge in [0.1, 0.15) is 5.82 Å². The standard InChI is InChI=1S/C16H21ClFN3/c1-5-19-10(2)16-11(3)20-21(12(16)4)9-13-8-14(18)6-7-15(13)17/h6-8,10,19H,5,9H2,1-4H3. The fourth-order valence-corrected chi connectivity index (χ4v) is 2.90. The Bertz CT molecular complexity index is 637. The predicted molar refractivity (Wildman–Crippen MR) is 84.3 cm³/mol. The van der Waals surface area contributed by atoms with Crippen LogP contribution < -0.4 is 5.32 Å². The zero-order valence-electron chi connectivity index (χ0n) is 12.9. The molecule has 0 bridgehead atoms. The van der Waals surface area contributed by atoms with Gasteiger partial charge in [0.2, 0.25) is 0 Å². The molecule has 0 saturated carbocycles. The molecule has 0 aliphatic heterocycles. The summed E-state index contributed by atoms with van der Waals surface area (Å²) < 4.78 is 15.3. The summed E-state index contributed by atoms with van der Waals surface area (Å²) in [5.41, 5.74) is 4.02. The molecule has 0 fully saturated rings. The lowest BCUT2D eigenvalue weighted by Crippen LogP contribution is -2.19. The molecule has 2 aromatic rings. The van der Waals surface area contributed by atoms with E-state index < -0.39 is 0 Å². The van der Waals surface area contributed by atoms with Crippen molar-refractivity contribution >= 4 is 11.6 Å². The van der Waals surface area contributed by atoms with Crippen molar-refractivity contribution in [3.63, 3.8) is 0 Å². The minimum atomic E-state index is -0.280. The lowest BCUT2D eigenvalue weighted by molar-refractivity contribution is 0.588. The van der Waals surface area contributed by atoms with Gasteiger partial charge in [-0.3, -0.25) is 4.68 Å². The van der Waals surface area contributed by atoms with Crippen LogP contribution in [0, 0.1) is 19.7 Å². The van der Waals surface area contributed by atoms with E-state index in [9.17, 15) is 4.39 Å². The van der Waals surface area contributed by atoms with Crippen LogP contribution in [-0.2, 0) is 6.54 Å². The van der Waals surface area contributed by atoms with Crippen molar-refractivity contribution in [2.75, 3.05) is 6.54 Å². The summed E-state index contributed by atoms with van der Waals surface area (Å²) >= 11 is 6.14. The lowest BCUT2D eigenvalue weighted by Gasteiger charge is -2.13. The monoisotopic (exact) mass is 309 g/mol. The number of hydrogen-bond acceptors (Lipinski definition) is 2. The van der Waals surface area contributed by atoms with E-state index in [0.717, 1.165) is 23.5 Å². The average molecular weight is 310 g/mol. The van der Waals surface area contributed by atoms with E-state index >= 15 is 0 Å². The van der Waals surface area contributed by atoms with Crippen LogP contribution in [0.5, 0.6) is 0 Å². The number of benzene rings is 1. The molecule has 1 aromatic heterocycles. The van der Waals surface area contributed by atoms with E-state index in [0.29, 0.717) is 11.6 Å². The van der Waals surface area contributed by atoms with Crippen molar-refractivity contribution in [2.45, 2.75) is 40.3 Å². The van der Waals surface area contributed by atoms with Crippen LogP contribution in [0.15, 0.2) is 18.2 Å². The maximum absolute atomic E-state index is 13.4. The van der Waals surface area contributed by atoms with Crippen molar-refractivity contribution in [1.29, 1.82) is 0 Å². The quantitative estimate of drug-likeness (QED) is 0.904. The number of nitrogens with zero attached hydrogens (tertiary/aromatic N) is 2. The second-order valence-electron chi connectivity index (χ2n) is 5.26. The van der Waals surface area contributed by atoms with Gasteiger partial charge >= 0.3 is 0 Å². The molecular formula is C16H21ClFN3. The first-order chi connectivity index (χ1) is 9.93. The number of hydrogen-bond donors (Lipinski definition) is 1. The van der Waals surface area contributed by atoms with Gasteiger partial charge in [-0.25, -0.2) is 4.39 Å². The van der Waals surface area contributed by atoms with Gasteiger partial charge in [0, 0.05) is 22.3 Å². The SMILES string of the molecule is CCNC(C)c1c(C)nn(Cc2cc(F)ccc2Cl)c1C. The molecule has 2 rings (SSSR count). The van der Waals surface area contributed by atoms with E-state index in [1.54, 1.807) is 6.07 Å². The smallest absolute Gasteiger partial charge is 0.123 e. The first-order valence-corrected chi connectivity index (χ1v) is 7.53. The zero-order valence-corrected chi connectivity index (χ0v) is 13.6. The summed E-state index contributed by atoms with van der Waals surface area (Å²) in [6.07, 6.45) is 0. The molecule has 0 saturated heterocycles. The summed E-state index contributed by atoms with van der Waals surface area (Å²) in [6, 6.07) is 4.66. The normalized spacial score (nSPS) is 12.7. The fraction of sp³-hybridized carbons (Fsp3) is 0.438. The minimum absolute atomic E-state index is 0.242. The van der Waals surface area contributed by atoms with Crippen molar-refractivity contribution in [3.8, 4) is 0 Å². The van der Waals surface area contributed by atoms with Gasteiger partial charge < -0.3 is 5.32 Å². The van der Waals surface area contributed by atoms with E-state index in [-0.39, 0.29) is 11.9 Å². The molecule has 1 heterocycles. The van der Waals surface area contributed by atoms with Crippen LogP contribution in [0.2, 0.25) is 5.02 Å². The van der Waals surface area contributed by atoms with E-state index in [1.807, 2.05) is 18.5 Å².